The molecular formula is C10H14OS4. The van der Waals surface area contributed by atoms with Crippen LogP contribution in [-0.2, 0) is 0 Å². The van der Waals surface area contributed by atoms with E-state index in [4.69, 9.17) is 0 Å². The molecule has 1 aromatic rings. The molecule has 0 aliphatic carbocycles. The molecule has 0 fully saturated rings. The number of aromatic hydroxyl groups is 1. The number of phenolic OH excluding ortho intramolecular Hbond substituents is 1. The van der Waals surface area contributed by atoms with Crippen LogP contribution < -0.4 is 0 Å². The van der Waals surface area contributed by atoms with Crippen molar-refractivity contribution in [3.05, 3.63) is 6.07 Å². The van der Waals surface area contributed by atoms with E-state index in [9.17, 15) is 5.11 Å². The van der Waals surface area contributed by atoms with Crippen LogP contribution in [0.4, 0.5) is 0 Å². The molecule has 1 nitrogen and oxygen atoms in total. The third-order valence-corrected chi connectivity index (χ3v) is 5.41. The third kappa shape index (κ3) is 2.75. The molecule has 84 valence electrons. The van der Waals surface area contributed by atoms with E-state index in [1.807, 2.05) is 25.0 Å². The van der Waals surface area contributed by atoms with Crippen molar-refractivity contribution in [2.75, 3.05) is 25.0 Å². The van der Waals surface area contributed by atoms with Gasteiger partial charge in [-0.2, -0.15) is 0 Å². The molecule has 0 aromatic heterocycles. The molecule has 0 bridgehead atoms. The molecule has 0 amide bonds. The van der Waals surface area contributed by atoms with Crippen molar-refractivity contribution in [3.8, 4) is 5.75 Å². The first kappa shape index (κ1) is 13.5. The molecule has 1 aromatic carbocycles. The van der Waals surface area contributed by atoms with Gasteiger partial charge < -0.3 is 5.11 Å². The van der Waals surface area contributed by atoms with Crippen LogP contribution in [-0.4, -0.2) is 30.1 Å². The van der Waals surface area contributed by atoms with E-state index in [1.54, 1.807) is 47.0 Å². The summed E-state index contributed by atoms with van der Waals surface area (Å²) in [5.41, 5.74) is 0. The zero-order valence-electron chi connectivity index (χ0n) is 9.16. The summed E-state index contributed by atoms with van der Waals surface area (Å²) in [5.74, 6) is 0.436. The highest BCUT2D eigenvalue weighted by Gasteiger charge is 2.15. The van der Waals surface area contributed by atoms with Crippen LogP contribution in [0.25, 0.3) is 0 Å². The van der Waals surface area contributed by atoms with Gasteiger partial charge in [-0.15, -0.1) is 47.0 Å². The van der Waals surface area contributed by atoms with Crippen molar-refractivity contribution in [2.24, 2.45) is 0 Å². The van der Waals surface area contributed by atoms with Gasteiger partial charge in [0.05, 0.1) is 9.79 Å². The lowest BCUT2D eigenvalue weighted by atomic mass is 10.3. The second kappa shape index (κ2) is 6.23. The van der Waals surface area contributed by atoms with Crippen molar-refractivity contribution in [1.29, 1.82) is 0 Å². The minimum absolute atomic E-state index is 0.436. The highest BCUT2D eigenvalue weighted by Crippen LogP contribution is 2.46. The molecule has 1 rings (SSSR count). The van der Waals surface area contributed by atoms with Crippen molar-refractivity contribution in [3.63, 3.8) is 0 Å². The zero-order chi connectivity index (χ0) is 11.4. The number of rotatable bonds is 4. The van der Waals surface area contributed by atoms with E-state index in [2.05, 4.69) is 6.07 Å². The molecule has 15 heavy (non-hydrogen) atoms. The highest BCUT2D eigenvalue weighted by molar-refractivity contribution is 8.02. The Labute approximate surface area is 108 Å². The van der Waals surface area contributed by atoms with Gasteiger partial charge in [0.15, 0.2) is 0 Å². The van der Waals surface area contributed by atoms with E-state index in [-0.39, 0.29) is 0 Å². The van der Waals surface area contributed by atoms with E-state index < -0.39 is 0 Å². The predicted molar refractivity (Wildman–Crippen MR) is 75.2 cm³/mol. The maximum Gasteiger partial charge on any atom is 0.144 e. The Morgan fingerprint density at radius 1 is 0.800 bits per heavy atom. The van der Waals surface area contributed by atoms with Crippen LogP contribution in [0.2, 0.25) is 0 Å². The molecule has 0 aliphatic rings. The van der Waals surface area contributed by atoms with Crippen LogP contribution in [0.15, 0.2) is 25.6 Å². The summed E-state index contributed by atoms with van der Waals surface area (Å²) in [6.45, 7) is 0. The van der Waals surface area contributed by atoms with Crippen molar-refractivity contribution < 1.29 is 5.11 Å². The van der Waals surface area contributed by atoms with Gasteiger partial charge in [-0.1, -0.05) is 0 Å². The van der Waals surface area contributed by atoms with Crippen LogP contribution in [0.1, 0.15) is 0 Å². The molecule has 0 saturated carbocycles. The Balaban J connectivity index is 3.41. The number of thioether (sulfide) groups is 4. The monoisotopic (exact) mass is 278 g/mol. The summed E-state index contributed by atoms with van der Waals surface area (Å²) < 4.78 is 0. The normalized spacial score (nSPS) is 10.7. The second-order valence-corrected chi connectivity index (χ2v) is 6.03. The Morgan fingerprint density at radius 3 is 1.47 bits per heavy atom. The number of benzene rings is 1. The topological polar surface area (TPSA) is 20.2 Å². The smallest absolute Gasteiger partial charge is 0.144 e. The first-order chi connectivity index (χ1) is 7.19. The number of phenols is 1. The van der Waals surface area contributed by atoms with Crippen molar-refractivity contribution in [2.45, 2.75) is 19.6 Å². The van der Waals surface area contributed by atoms with Gasteiger partial charge in [0, 0.05) is 9.79 Å². The Morgan fingerprint density at radius 2 is 1.20 bits per heavy atom. The molecule has 0 aliphatic heterocycles. The van der Waals surface area contributed by atoms with Gasteiger partial charge >= 0.3 is 0 Å². The first-order valence-corrected chi connectivity index (χ1v) is 9.15. The lowest BCUT2D eigenvalue weighted by Crippen LogP contribution is -1.86. The van der Waals surface area contributed by atoms with Gasteiger partial charge in [0.25, 0.3) is 0 Å². The largest absolute Gasteiger partial charge is 0.506 e. The lowest BCUT2D eigenvalue weighted by Gasteiger charge is -2.14. The van der Waals surface area contributed by atoms with E-state index in [0.29, 0.717) is 5.75 Å². The van der Waals surface area contributed by atoms with E-state index >= 15 is 0 Å². The molecule has 0 radical (unpaired) electrons. The summed E-state index contributed by atoms with van der Waals surface area (Å²) in [7, 11) is 0. The van der Waals surface area contributed by atoms with Crippen molar-refractivity contribution in [1.82, 2.24) is 0 Å². The van der Waals surface area contributed by atoms with Gasteiger partial charge in [-0.3, -0.25) is 0 Å². The quantitative estimate of drug-likeness (QED) is 0.827. The van der Waals surface area contributed by atoms with Crippen LogP contribution in [0, 0.1) is 0 Å². The summed E-state index contributed by atoms with van der Waals surface area (Å²) in [5, 5.41) is 10.1. The minimum Gasteiger partial charge on any atom is -0.506 e. The van der Waals surface area contributed by atoms with Crippen molar-refractivity contribution >= 4 is 47.0 Å². The summed E-state index contributed by atoms with van der Waals surface area (Å²) in [6, 6.07) is 2.16. The van der Waals surface area contributed by atoms with Gasteiger partial charge in [-0.05, 0) is 31.1 Å². The maximum absolute atomic E-state index is 10.1. The number of hydrogen-bond acceptors (Lipinski definition) is 5. The molecular weight excluding hydrogens is 264 g/mol. The molecule has 0 spiro atoms. The number of hydrogen-bond donors (Lipinski definition) is 1. The lowest BCUT2D eigenvalue weighted by molar-refractivity contribution is 0.442. The van der Waals surface area contributed by atoms with E-state index in [1.165, 1.54) is 0 Å². The average molecular weight is 278 g/mol. The zero-order valence-corrected chi connectivity index (χ0v) is 12.4. The van der Waals surface area contributed by atoms with Crippen LogP contribution in [0.5, 0.6) is 5.75 Å². The average Bonchev–Trinajstić information content (AvgIpc) is 2.27. The fourth-order valence-electron chi connectivity index (χ4n) is 1.28. The highest BCUT2D eigenvalue weighted by atomic mass is 32.2. The Kier molecular flexibility index (Phi) is 5.60. The molecule has 0 heterocycles. The fourth-order valence-corrected chi connectivity index (χ4v) is 4.57. The van der Waals surface area contributed by atoms with Gasteiger partial charge in [0.1, 0.15) is 5.75 Å². The molecule has 1 N–H and O–H groups in total. The first-order valence-electron chi connectivity index (χ1n) is 4.25. The van der Waals surface area contributed by atoms with Gasteiger partial charge in [0.2, 0.25) is 0 Å². The Bertz CT molecular complexity index is 322. The molecule has 0 unspecified atom stereocenters. The fraction of sp³-hybridized carbons (Fsp3) is 0.400. The van der Waals surface area contributed by atoms with Crippen LogP contribution >= 0.6 is 47.0 Å². The van der Waals surface area contributed by atoms with Crippen LogP contribution in [0.3, 0.4) is 0 Å². The molecule has 0 saturated heterocycles. The maximum atomic E-state index is 10.1. The summed E-state index contributed by atoms with van der Waals surface area (Å²) >= 11 is 6.56. The summed E-state index contributed by atoms with van der Waals surface area (Å²) in [4.78, 5) is 4.29. The predicted octanol–water partition coefficient (Wildman–Crippen LogP) is 4.28. The molecule has 5 heteroatoms. The second-order valence-electron chi connectivity index (χ2n) is 2.70. The van der Waals surface area contributed by atoms with Gasteiger partial charge in [-0.25, -0.2) is 0 Å². The minimum atomic E-state index is 0.436. The standard InChI is InChI=1S/C10H14OS4/c1-12-6-5-7(13-2)10(15-4)8(11)9(6)14-3/h5,11H,1-4H3. The van der Waals surface area contributed by atoms with E-state index in [0.717, 1.165) is 19.6 Å². The summed E-state index contributed by atoms with van der Waals surface area (Å²) in [6.07, 6.45) is 8.07. The third-order valence-electron chi connectivity index (χ3n) is 1.99. The Hall–Kier alpha value is 0.420. The SMILES string of the molecule is CSc1cc(SC)c(SC)c(O)c1SC. The molecule has 0 atom stereocenters.